The van der Waals surface area contributed by atoms with Crippen molar-refractivity contribution >= 4 is 71.8 Å². The summed E-state index contributed by atoms with van der Waals surface area (Å²) in [6.45, 7) is 3.79. The number of fused-ring (bicyclic) bond motifs is 1. The summed E-state index contributed by atoms with van der Waals surface area (Å²) in [5, 5.41) is 1.08. The first-order valence-electron chi connectivity index (χ1n) is 7.13. The van der Waals surface area contributed by atoms with E-state index >= 15 is 0 Å². The summed E-state index contributed by atoms with van der Waals surface area (Å²) in [4.78, 5) is 5.56. The third kappa shape index (κ3) is 4.31. The van der Waals surface area contributed by atoms with Gasteiger partial charge in [-0.25, -0.2) is 4.98 Å². The fourth-order valence-corrected chi connectivity index (χ4v) is 4.15. The highest BCUT2D eigenvalue weighted by Crippen LogP contribution is 2.39. The fraction of sp³-hybridized carbons (Fsp3) is 0.0556. The standard InChI is InChI=1S/C18H9BrCl2F3NS/c1-9(16-6-11-3-12(19)8-25-17(11)26-16)2-15(18(22,23)24)10-4-13(20)7-14(21)5-10/h2-8H,1H2/b15-2-. The van der Waals surface area contributed by atoms with Gasteiger partial charge in [-0.15, -0.1) is 11.3 Å². The molecule has 8 heteroatoms. The predicted molar refractivity (Wildman–Crippen MR) is 107 cm³/mol. The van der Waals surface area contributed by atoms with Crippen molar-refractivity contribution < 1.29 is 13.2 Å². The second kappa shape index (κ2) is 7.35. The lowest BCUT2D eigenvalue weighted by atomic mass is 10.0. The molecule has 1 nitrogen and oxygen atoms in total. The second-order valence-electron chi connectivity index (χ2n) is 5.40. The zero-order chi connectivity index (χ0) is 19.1. The highest BCUT2D eigenvalue weighted by atomic mass is 79.9. The number of pyridine rings is 1. The SMILES string of the molecule is C=C(/C=C(/c1cc(Cl)cc(Cl)c1)C(F)(F)F)c1cc2cc(Br)cnc2s1. The van der Waals surface area contributed by atoms with Crippen LogP contribution in [0.3, 0.4) is 0 Å². The molecule has 0 radical (unpaired) electrons. The number of rotatable bonds is 3. The summed E-state index contributed by atoms with van der Waals surface area (Å²) in [5.41, 5.74) is -0.746. The number of halogens is 6. The molecule has 0 atom stereocenters. The van der Waals surface area contributed by atoms with Gasteiger partial charge in [-0.05, 0) is 63.5 Å². The lowest BCUT2D eigenvalue weighted by molar-refractivity contribution is -0.0688. The molecule has 0 aliphatic heterocycles. The molecule has 2 aromatic heterocycles. The molecule has 0 saturated carbocycles. The molecule has 0 aliphatic carbocycles. The van der Waals surface area contributed by atoms with Gasteiger partial charge in [0.05, 0.1) is 5.57 Å². The minimum absolute atomic E-state index is 0.113. The Balaban J connectivity index is 2.07. The van der Waals surface area contributed by atoms with Gasteiger partial charge in [0, 0.05) is 31.0 Å². The maximum absolute atomic E-state index is 13.6. The van der Waals surface area contributed by atoms with Crippen molar-refractivity contribution in [2.45, 2.75) is 6.18 Å². The number of hydrogen-bond acceptors (Lipinski definition) is 2. The largest absolute Gasteiger partial charge is 0.417 e. The molecule has 0 spiro atoms. The van der Waals surface area contributed by atoms with Gasteiger partial charge in [0.1, 0.15) is 4.83 Å². The molecule has 0 amide bonds. The Bertz CT molecular complexity index is 1020. The molecule has 0 fully saturated rings. The van der Waals surface area contributed by atoms with Crippen LogP contribution in [0.1, 0.15) is 10.4 Å². The highest BCUT2D eigenvalue weighted by Gasteiger charge is 2.35. The molecule has 0 saturated heterocycles. The summed E-state index contributed by atoms with van der Waals surface area (Å²) < 4.78 is 41.6. The van der Waals surface area contributed by atoms with E-state index in [0.29, 0.717) is 4.88 Å². The van der Waals surface area contributed by atoms with Crippen molar-refractivity contribution in [2.24, 2.45) is 0 Å². The number of benzene rings is 1. The van der Waals surface area contributed by atoms with Crippen molar-refractivity contribution in [1.82, 2.24) is 4.98 Å². The van der Waals surface area contributed by atoms with Crippen LogP contribution in [-0.2, 0) is 0 Å². The Morgan fingerprint density at radius 3 is 2.38 bits per heavy atom. The Morgan fingerprint density at radius 2 is 1.77 bits per heavy atom. The summed E-state index contributed by atoms with van der Waals surface area (Å²) >= 11 is 16.3. The van der Waals surface area contributed by atoms with Crippen LogP contribution >= 0.6 is 50.5 Å². The maximum atomic E-state index is 13.6. The lowest BCUT2D eigenvalue weighted by Gasteiger charge is -2.13. The average molecular weight is 479 g/mol. The molecule has 0 N–H and O–H groups in total. The van der Waals surface area contributed by atoms with E-state index in [-0.39, 0.29) is 21.2 Å². The van der Waals surface area contributed by atoms with E-state index in [9.17, 15) is 13.2 Å². The molecular weight excluding hydrogens is 470 g/mol. The summed E-state index contributed by atoms with van der Waals surface area (Å²) in [5.74, 6) is 0. The van der Waals surface area contributed by atoms with E-state index in [1.807, 2.05) is 6.07 Å². The van der Waals surface area contributed by atoms with E-state index in [2.05, 4.69) is 27.5 Å². The van der Waals surface area contributed by atoms with Gasteiger partial charge in [0.2, 0.25) is 0 Å². The predicted octanol–water partition coefficient (Wildman–Crippen LogP) is 8.02. The van der Waals surface area contributed by atoms with Crippen molar-refractivity contribution in [3.63, 3.8) is 0 Å². The van der Waals surface area contributed by atoms with Gasteiger partial charge in [-0.3, -0.25) is 0 Å². The average Bonchev–Trinajstić information content (AvgIpc) is 2.93. The molecule has 26 heavy (non-hydrogen) atoms. The Hall–Kier alpha value is -1.34. The smallest absolute Gasteiger partial charge is 0.244 e. The highest BCUT2D eigenvalue weighted by molar-refractivity contribution is 9.10. The van der Waals surface area contributed by atoms with Crippen LogP contribution < -0.4 is 0 Å². The molecule has 0 unspecified atom stereocenters. The summed E-state index contributed by atoms with van der Waals surface area (Å²) in [6.07, 6.45) is -1.95. The monoisotopic (exact) mass is 477 g/mol. The number of alkyl halides is 3. The van der Waals surface area contributed by atoms with Crippen molar-refractivity contribution in [3.05, 3.63) is 74.1 Å². The van der Waals surface area contributed by atoms with Gasteiger partial charge in [0.15, 0.2) is 0 Å². The van der Waals surface area contributed by atoms with Crippen molar-refractivity contribution in [2.75, 3.05) is 0 Å². The molecule has 3 rings (SSSR count). The number of nitrogens with zero attached hydrogens (tertiary/aromatic N) is 1. The van der Waals surface area contributed by atoms with Crippen LogP contribution in [0.4, 0.5) is 13.2 Å². The van der Waals surface area contributed by atoms with E-state index in [1.54, 1.807) is 12.3 Å². The Kier molecular flexibility index (Phi) is 5.49. The Labute approximate surface area is 169 Å². The number of allylic oxidation sites excluding steroid dienone is 3. The van der Waals surface area contributed by atoms with E-state index in [0.717, 1.165) is 20.8 Å². The third-order valence-corrected chi connectivity index (χ3v) is 5.46. The van der Waals surface area contributed by atoms with Crippen LogP contribution in [0.5, 0.6) is 0 Å². The van der Waals surface area contributed by atoms with Crippen LogP contribution in [0.15, 0.2) is 53.7 Å². The lowest BCUT2D eigenvalue weighted by Crippen LogP contribution is -2.11. The van der Waals surface area contributed by atoms with Crippen LogP contribution in [-0.4, -0.2) is 11.2 Å². The fourth-order valence-electron chi connectivity index (χ4n) is 2.35. The van der Waals surface area contributed by atoms with Gasteiger partial charge >= 0.3 is 6.18 Å². The molecular formula is C18H9BrCl2F3NS. The van der Waals surface area contributed by atoms with E-state index in [4.69, 9.17) is 23.2 Å². The Morgan fingerprint density at radius 1 is 1.12 bits per heavy atom. The summed E-state index contributed by atoms with van der Waals surface area (Å²) in [7, 11) is 0. The summed E-state index contributed by atoms with van der Waals surface area (Å²) in [6, 6.07) is 7.44. The molecule has 0 bridgehead atoms. The molecule has 1 aromatic carbocycles. The third-order valence-electron chi connectivity index (χ3n) is 3.45. The van der Waals surface area contributed by atoms with Gasteiger partial charge in [-0.1, -0.05) is 29.8 Å². The van der Waals surface area contributed by atoms with E-state index < -0.39 is 11.7 Å². The quantitative estimate of drug-likeness (QED) is 0.347. The van der Waals surface area contributed by atoms with Crippen LogP contribution in [0, 0.1) is 0 Å². The van der Waals surface area contributed by atoms with Gasteiger partial charge in [0.25, 0.3) is 0 Å². The number of aromatic nitrogens is 1. The topological polar surface area (TPSA) is 12.9 Å². The zero-order valence-electron chi connectivity index (χ0n) is 12.9. The number of hydrogen-bond donors (Lipinski definition) is 0. The van der Waals surface area contributed by atoms with Gasteiger partial charge in [-0.2, -0.15) is 13.2 Å². The molecule has 134 valence electrons. The maximum Gasteiger partial charge on any atom is 0.417 e. The number of thiophene rings is 1. The molecule has 2 heterocycles. The van der Waals surface area contributed by atoms with Crippen LogP contribution in [0.2, 0.25) is 10.0 Å². The second-order valence-corrected chi connectivity index (χ2v) is 8.22. The minimum Gasteiger partial charge on any atom is -0.244 e. The van der Waals surface area contributed by atoms with Crippen molar-refractivity contribution in [1.29, 1.82) is 0 Å². The normalized spacial score (nSPS) is 12.6. The first kappa shape index (κ1) is 19.4. The molecule has 0 aliphatic rings. The first-order chi connectivity index (χ1) is 12.1. The van der Waals surface area contributed by atoms with E-state index in [1.165, 1.54) is 29.5 Å². The zero-order valence-corrected chi connectivity index (χ0v) is 16.8. The van der Waals surface area contributed by atoms with Crippen LogP contribution in [0.25, 0.3) is 21.4 Å². The first-order valence-corrected chi connectivity index (χ1v) is 9.50. The van der Waals surface area contributed by atoms with Gasteiger partial charge < -0.3 is 0 Å². The molecule has 3 aromatic rings. The minimum atomic E-state index is -4.59. The van der Waals surface area contributed by atoms with Crippen molar-refractivity contribution in [3.8, 4) is 0 Å².